The van der Waals surface area contributed by atoms with Crippen molar-refractivity contribution < 1.29 is 14.3 Å². The number of aliphatic imine (C=N–C) groups is 1. The quantitative estimate of drug-likeness (QED) is 0.658. The van der Waals surface area contributed by atoms with Crippen molar-refractivity contribution in [2.45, 2.75) is 38.1 Å². The number of carbonyl (C=O) groups excluding carboxylic acids is 1. The van der Waals surface area contributed by atoms with Crippen LogP contribution in [0.1, 0.15) is 37.7 Å². The van der Waals surface area contributed by atoms with E-state index in [1.807, 2.05) is 0 Å². The molecule has 1 aromatic carbocycles. The molecular weight excluding hydrogens is 296 g/mol. The first-order valence-electron chi connectivity index (χ1n) is 7.74. The van der Waals surface area contributed by atoms with Crippen LogP contribution in [-0.4, -0.2) is 23.4 Å². The summed E-state index contributed by atoms with van der Waals surface area (Å²) in [6.45, 7) is 0. The third-order valence-corrected chi connectivity index (χ3v) is 4.06. The summed E-state index contributed by atoms with van der Waals surface area (Å²) in [7, 11) is 0. The molecule has 0 spiro atoms. The molecule has 2 N–H and O–H groups in total. The van der Waals surface area contributed by atoms with Crippen LogP contribution < -0.4 is 10.9 Å². The summed E-state index contributed by atoms with van der Waals surface area (Å²) in [4.78, 5) is 27.5. The molecule has 0 atom stereocenters. The third kappa shape index (κ3) is 3.41. The lowest BCUT2D eigenvalue weighted by Crippen LogP contribution is -2.34. The average molecular weight is 314 g/mol. The van der Waals surface area contributed by atoms with Gasteiger partial charge in [0.2, 0.25) is 0 Å². The highest BCUT2D eigenvalue weighted by atomic mass is 16.4. The number of fused-ring (bicyclic) bond motifs is 1. The standard InChI is InChI=1S/C17H18N2O4/c20-15-12-8-4-5-9-14(12)23-16(21)13(15)10-18-17(22)19-11-6-2-1-3-7-11/h4-5,8-11,20H,1-3,6-7H2,(H,19,22)/b18-10+. The van der Waals surface area contributed by atoms with Crippen LogP contribution in [-0.2, 0) is 0 Å². The lowest BCUT2D eigenvalue weighted by atomic mass is 9.96. The largest absolute Gasteiger partial charge is 0.506 e. The first-order chi connectivity index (χ1) is 11.1. The van der Waals surface area contributed by atoms with Gasteiger partial charge in [0, 0.05) is 6.04 Å². The molecule has 3 rings (SSSR count). The Bertz CT molecular complexity index is 804. The van der Waals surface area contributed by atoms with E-state index < -0.39 is 11.7 Å². The zero-order valence-electron chi connectivity index (χ0n) is 12.6. The van der Waals surface area contributed by atoms with Gasteiger partial charge in [0.1, 0.15) is 16.9 Å². The van der Waals surface area contributed by atoms with Crippen molar-refractivity contribution in [2.75, 3.05) is 0 Å². The Labute approximate surface area is 132 Å². The fraction of sp³-hybridized carbons (Fsp3) is 0.353. The van der Waals surface area contributed by atoms with E-state index in [4.69, 9.17) is 4.42 Å². The number of para-hydroxylation sites is 1. The fourth-order valence-electron chi connectivity index (χ4n) is 2.84. The van der Waals surface area contributed by atoms with Crippen molar-refractivity contribution in [3.8, 4) is 5.75 Å². The number of hydrogen-bond acceptors (Lipinski definition) is 4. The van der Waals surface area contributed by atoms with Gasteiger partial charge in [-0.3, -0.25) is 0 Å². The maximum atomic E-state index is 11.9. The zero-order chi connectivity index (χ0) is 16.2. The number of carbonyl (C=O) groups is 1. The molecule has 1 fully saturated rings. The van der Waals surface area contributed by atoms with Gasteiger partial charge in [-0.05, 0) is 25.0 Å². The van der Waals surface area contributed by atoms with Crippen molar-refractivity contribution in [1.29, 1.82) is 0 Å². The molecule has 2 amide bonds. The molecule has 1 aliphatic carbocycles. The van der Waals surface area contributed by atoms with Gasteiger partial charge < -0.3 is 14.8 Å². The van der Waals surface area contributed by atoms with Gasteiger partial charge in [-0.25, -0.2) is 14.6 Å². The van der Waals surface area contributed by atoms with Gasteiger partial charge in [-0.2, -0.15) is 0 Å². The Balaban J connectivity index is 1.80. The summed E-state index contributed by atoms with van der Waals surface area (Å²) < 4.78 is 5.12. The Morgan fingerprint density at radius 2 is 2.00 bits per heavy atom. The van der Waals surface area contributed by atoms with Crippen molar-refractivity contribution in [3.63, 3.8) is 0 Å². The normalized spacial score (nSPS) is 16.0. The third-order valence-electron chi connectivity index (χ3n) is 4.06. The smallest absolute Gasteiger partial charge is 0.348 e. The fourth-order valence-corrected chi connectivity index (χ4v) is 2.84. The maximum Gasteiger partial charge on any atom is 0.348 e. The highest BCUT2D eigenvalue weighted by Crippen LogP contribution is 2.24. The first kappa shape index (κ1) is 15.3. The van der Waals surface area contributed by atoms with E-state index in [0.29, 0.717) is 11.0 Å². The van der Waals surface area contributed by atoms with E-state index in [-0.39, 0.29) is 17.4 Å². The van der Waals surface area contributed by atoms with Gasteiger partial charge in [-0.1, -0.05) is 31.4 Å². The van der Waals surface area contributed by atoms with E-state index in [0.717, 1.165) is 31.9 Å². The maximum absolute atomic E-state index is 11.9. The summed E-state index contributed by atoms with van der Waals surface area (Å²) in [6, 6.07) is 6.27. The Morgan fingerprint density at radius 3 is 2.78 bits per heavy atom. The molecule has 23 heavy (non-hydrogen) atoms. The van der Waals surface area contributed by atoms with Crippen LogP contribution in [0.4, 0.5) is 4.79 Å². The summed E-state index contributed by atoms with van der Waals surface area (Å²) in [6.07, 6.45) is 6.36. The molecule has 1 heterocycles. The second-order valence-corrected chi connectivity index (χ2v) is 5.69. The van der Waals surface area contributed by atoms with Gasteiger partial charge in [0.15, 0.2) is 0 Å². The van der Waals surface area contributed by atoms with E-state index >= 15 is 0 Å². The summed E-state index contributed by atoms with van der Waals surface area (Å²) in [5.41, 5.74) is -0.559. The Kier molecular flexibility index (Phi) is 4.41. The number of benzene rings is 1. The minimum atomic E-state index is -0.726. The second kappa shape index (κ2) is 6.64. The number of rotatable bonds is 2. The highest BCUT2D eigenvalue weighted by molar-refractivity contribution is 5.97. The van der Waals surface area contributed by atoms with Crippen LogP contribution in [0.25, 0.3) is 11.0 Å². The molecule has 0 aliphatic heterocycles. The number of urea groups is 1. The highest BCUT2D eigenvalue weighted by Gasteiger charge is 2.16. The van der Waals surface area contributed by atoms with Crippen molar-refractivity contribution in [3.05, 3.63) is 40.2 Å². The van der Waals surface area contributed by atoms with Crippen LogP contribution in [0.3, 0.4) is 0 Å². The number of nitrogens with one attached hydrogen (secondary N) is 1. The lowest BCUT2D eigenvalue weighted by molar-refractivity contribution is 0.241. The van der Waals surface area contributed by atoms with Gasteiger partial charge in [-0.15, -0.1) is 0 Å². The number of hydrogen-bond donors (Lipinski definition) is 2. The molecule has 6 nitrogen and oxygen atoms in total. The van der Waals surface area contributed by atoms with Crippen LogP contribution in [0.5, 0.6) is 5.75 Å². The van der Waals surface area contributed by atoms with Crippen LogP contribution in [0.15, 0.2) is 38.5 Å². The molecule has 6 heteroatoms. The van der Waals surface area contributed by atoms with Gasteiger partial charge in [0.05, 0.1) is 11.6 Å². The number of amides is 2. The lowest BCUT2D eigenvalue weighted by Gasteiger charge is -2.21. The van der Waals surface area contributed by atoms with Crippen molar-refractivity contribution in [1.82, 2.24) is 5.32 Å². The van der Waals surface area contributed by atoms with Crippen LogP contribution >= 0.6 is 0 Å². The van der Waals surface area contributed by atoms with Gasteiger partial charge in [0.25, 0.3) is 0 Å². The Morgan fingerprint density at radius 1 is 1.26 bits per heavy atom. The topological polar surface area (TPSA) is 91.9 Å². The molecule has 1 aliphatic rings. The summed E-state index contributed by atoms with van der Waals surface area (Å²) in [5, 5.41) is 13.4. The first-order valence-corrected chi connectivity index (χ1v) is 7.74. The van der Waals surface area contributed by atoms with E-state index in [1.54, 1.807) is 24.3 Å². The van der Waals surface area contributed by atoms with Gasteiger partial charge >= 0.3 is 11.7 Å². The number of nitrogens with zero attached hydrogens (tertiary/aromatic N) is 1. The van der Waals surface area contributed by atoms with E-state index in [9.17, 15) is 14.7 Å². The predicted octanol–water partition coefficient (Wildman–Crippen LogP) is 2.96. The Hall–Kier alpha value is -2.63. The molecule has 0 radical (unpaired) electrons. The number of aromatic hydroxyl groups is 1. The molecule has 1 saturated carbocycles. The minimum Gasteiger partial charge on any atom is -0.506 e. The molecule has 0 bridgehead atoms. The SMILES string of the molecule is O=C(/N=C/c1c(O)c2ccccc2oc1=O)NC1CCCCC1. The monoisotopic (exact) mass is 314 g/mol. The molecule has 120 valence electrons. The van der Waals surface area contributed by atoms with Crippen molar-refractivity contribution >= 4 is 23.2 Å². The predicted molar refractivity (Wildman–Crippen MR) is 87.1 cm³/mol. The summed E-state index contributed by atoms with van der Waals surface area (Å²) in [5.74, 6) is -0.230. The van der Waals surface area contributed by atoms with E-state index in [2.05, 4.69) is 10.3 Å². The molecule has 2 aromatic rings. The molecule has 0 saturated heterocycles. The zero-order valence-corrected chi connectivity index (χ0v) is 12.6. The molecule has 0 unspecified atom stereocenters. The molecular formula is C17H18N2O4. The van der Waals surface area contributed by atoms with Crippen LogP contribution in [0, 0.1) is 0 Å². The second-order valence-electron chi connectivity index (χ2n) is 5.69. The summed E-state index contributed by atoms with van der Waals surface area (Å²) >= 11 is 0. The van der Waals surface area contributed by atoms with Crippen molar-refractivity contribution in [2.24, 2.45) is 4.99 Å². The van der Waals surface area contributed by atoms with E-state index in [1.165, 1.54) is 6.42 Å². The minimum absolute atomic E-state index is 0.123. The molecule has 1 aromatic heterocycles. The van der Waals surface area contributed by atoms with Crippen LogP contribution in [0.2, 0.25) is 0 Å². The average Bonchev–Trinajstić information content (AvgIpc) is 2.55.